The first-order valence-corrected chi connectivity index (χ1v) is 10.4. The highest BCUT2D eigenvalue weighted by Crippen LogP contribution is 2.29. The molecule has 0 bridgehead atoms. The van der Waals surface area contributed by atoms with E-state index in [-0.39, 0.29) is 5.54 Å². The Morgan fingerprint density at radius 3 is 2.42 bits per heavy atom. The Labute approximate surface area is 155 Å². The van der Waals surface area contributed by atoms with E-state index in [0.29, 0.717) is 5.92 Å². The van der Waals surface area contributed by atoms with Crippen LogP contribution in [0.15, 0.2) is 24.3 Å². The molecule has 0 radical (unpaired) electrons. The lowest BCUT2D eigenvalue weighted by Gasteiger charge is -2.39. The molecule has 0 aromatic rings. The zero-order valence-electron chi connectivity index (χ0n) is 16.7. The Bertz CT molecular complexity index is 384. The number of rotatable bonds is 10. The van der Waals surface area contributed by atoms with Crippen molar-refractivity contribution in [2.75, 3.05) is 14.1 Å². The second kappa shape index (κ2) is 11.3. The van der Waals surface area contributed by atoms with Gasteiger partial charge in [-0.25, -0.2) is 5.01 Å². The fourth-order valence-corrected chi connectivity index (χ4v) is 3.99. The van der Waals surface area contributed by atoms with Crippen molar-refractivity contribution in [3.63, 3.8) is 0 Å². The molecule has 3 nitrogen and oxygen atoms in total. The zero-order chi connectivity index (χ0) is 18.0. The SMILES string of the molecule is CC(C)/C=C\C=C/CCC(C)(C)N(C)NN(C)SC1CCCCC1. The van der Waals surface area contributed by atoms with E-state index in [0.717, 1.165) is 18.1 Å². The summed E-state index contributed by atoms with van der Waals surface area (Å²) in [6, 6.07) is 0. The van der Waals surface area contributed by atoms with Crippen LogP contribution in [0.5, 0.6) is 0 Å². The van der Waals surface area contributed by atoms with E-state index in [1.165, 1.54) is 32.1 Å². The third-order valence-electron chi connectivity index (χ3n) is 4.72. The fourth-order valence-electron chi connectivity index (χ4n) is 2.83. The molecule has 0 saturated heterocycles. The third kappa shape index (κ3) is 9.26. The minimum absolute atomic E-state index is 0.119. The van der Waals surface area contributed by atoms with Crippen molar-refractivity contribution < 1.29 is 0 Å². The van der Waals surface area contributed by atoms with Gasteiger partial charge >= 0.3 is 0 Å². The summed E-state index contributed by atoms with van der Waals surface area (Å²) in [5, 5.41) is 3.03. The molecule has 4 heteroatoms. The monoisotopic (exact) mass is 353 g/mol. The molecule has 0 atom stereocenters. The molecule has 0 spiro atoms. The summed E-state index contributed by atoms with van der Waals surface area (Å²) in [5.74, 6) is 0.624. The minimum Gasteiger partial charge on any atom is -0.227 e. The van der Waals surface area contributed by atoms with E-state index in [9.17, 15) is 0 Å². The first-order chi connectivity index (χ1) is 11.3. The number of hydrogen-bond donors (Lipinski definition) is 1. The molecule has 1 fully saturated rings. The molecule has 0 heterocycles. The van der Waals surface area contributed by atoms with Crippen molar-refractivity contribution in [3.05, 3.63) is 24.3 Å². The molecular formula is C20H39N3S. The maximum Gasteiger partial charge on any atom is 0.0311 e. The van der Waals surface area contributed by atoms with Crippen LogP contribution in [0.2, 0.25) is 0 Å². The van der Waals surface area contributed by atoms with E-state index in [1.54, 1.807) is 0 Å². The quantitative estimate of drug-likeness (QED) is 0.314. The Morgan fingerprint density at radius 2 is 1.79 bits per heavy atom. The molecule has 0 aromatic carbocycles. The van der Waals surface area contributed by atoms with E-state index < -0.39 is 0 Å². The molecule has 0 amide bonds. The van der Waals surface area contributed by atoms with Crippen LogP contribution in [0.3, 0.4) is 0 Å². The van der Waals surface area contributed by atoms with Crippen molar-refractivity contribution in [1.82, 2.24) is 15.0 Å². The van der Waals surface area contributed by atoms with Gasteiger partial charge in [-0.2, -0.15) is 9.95 Å². The predicted octanol–water partition coefficient (Wildman–Crippen LogP) is 5.58. The molecular weight excluding hydrogens is 314 g/mol. The Morgan fingerprint density at radius 1 is 1.12 bits per heavy atom. The number of allylic oxidation sites excluding steroid dienone is 4. The van der Waals surface area contributed by atoms with Crippen molar-refractivity contribution in [2.45, 2.75) is 83.4 Å². The molecule has 0 aromatic heterocycles. The topological polar surface area (TPSA) is 18.5 Å². The fraction of sp³-hybridized carbons (Fsp3) is 0.800. The molecule has 24 heavy (non-hydrogen) atoms. The number of hydrazine groups is 2. The van der Waals surface area contributed by atoms with Crippen LogP contribution in [0.1, 0.15) is 72.6 Å². The van der Waals surface area contributed by atoms with Gasteiger partial charge in [0.05, 0.1) is 0 Å². The third-order valence-corrected chi connectivity index (χ3v) is 5.89. The maximum absolute atomic E-state index is 3.53. The summed E-state index contributed by atoms with van der Waals surface area (Å²) >= 11 is 1.96. The van der Waals surface area contributed by atoms with Gasteiger partial charge in [0.25, 0.3) is 0 Å². The van der Waals surface area contributed by atoms with Gasteiger partial charge < -0.3 is 0 Å². The lowest BCUT2D eigenvalue weighted by atomic mass is 9.98. The van der Waals surface area contributed by atoms with E-state index in [4.69, 9.17) is 0 Å². The Balaban J connectivity index is 2.30. The number of nitrogens with zero attached hydrogens (tertiary/aromatic N) is 2. The first-order valence-electron chi connectivity index (χ1n) is 9.55. The van der Waals surface area contributed by atoms with Crippen molar-refractivity contribution in [3.8, 4) is 0 Å². The van der Waals surface area contributed by atoms with Gasteiger partial charge in [0, 0.05) is 24.9 Å². The summed E-state index contributed by atoms with van der Waals surface area (Å²) in [6.07, 6.45) is 18.0. The molecule has 1 aliphatic carbocycles. The van der Waals surface area contributed by atoms with Gasteiger partial charge in [0.1, 0.15) is 0 Å². The van der Waals surface area contributed by atoms with Gasteiger partial charge in [-0.3, -0.25) is 0 Å². The van der Waals surface area contributed by atoms with Crippen molar-refractivity contribution >= 4 is 11.9 Å². The standard InChI is InChI=1S/C20H39N3S/c1-18(2)14-10-7-8-13-17-20(3,4)22(5)21-23(6)24-19-15-11-9-12-16-19/h7-8,10,14,18-19,21H,9,11-13,15-17H2,1-6H3/b8-7-,14-10-. The van der Waals surface area contributed by atoms with E-state index in [2.05, 4.69) is 81.1 Å². The largest absolute Gasteiger partial charge is 0.227 e. The predicted molar refractivity (Wildman–Crippen MR) is 110 cm³/mol. The lowest BCUT2D eigenvalue weighted by Crippen LogP contribution is -2.53. The van der Waals surface area contributed by atoms with Gasteiger partial charge in [0.15, 0.2) is 0 Å². The first kappa shape index (κ1) is 21.8. The zero-order valence-corrected chi connectivity index (χ0v) is 17.5. The van der Waals surface area contributed by atoms with Crippen molar-refractivity contribution in [2.24, 2.45) is 5.92 Å². The summed E-state index contributed by atoms with van der Waals surface area (Å²) < 4.78 is 2.19. The minimum atomic E-state index is 0.119. The second-order valence-corrected chi connectivity index (χ2v) is 9.36. The lowest BCUT2D eigenvalue weighted by molar-refractivity contribution is 0.0300. The van der Waals surface area contributed by atoms with Gasteiger partial charge in [-0.15, -0.1) is 0 Å². The Kier molecular flexibility index (Phi) is 10.3. The summed E-state index contributed by atoms with van der Waals surface area (Å²) in [7, 11) is 4.29. The molecule has 1 rings (SSSR count). The van der Waals surface area contributed by atoms with E-state index in [1.807, 2.05) is 11.9 Å². The van der Waals surface area contributed by atoms with Crippen LogP contribution in [0.4, 0.5) is 0 Å². The number of nitrogens with one attached hydrogen (secondary N) is 1. The number of hydrogen-bond acceptors (Lipinski definition) is 4. The second-order valence-electron chi connectivity index (χ2n) is 7.93. The highest BCUT2D eigenvalue weighted by molar-refractivity contribution is 7.97. The summed E-state index contributed by atoms with van der Waals surface area (Å²) in [6.45, 7) is 9.01. The van der Waals surface area contributed by atoms with Crippen LogP contribution in [-0.2, 0) is 0 Å². The molecule has 1 N–H and O–H groups in total. The van der Waals surface area contributed by atoms with Crippen LogP contribution < -0.4 is 5.53 Å². The average Bonchev–Trinajstić information content (AvgIpc) is 2.51. The molecule has 140 valence electrons. The Hall–Kier alpha value is -0.290. The highest BCUT2D eigenvalue weighted by Gasteiger charge is 2.24. The summed E-state index contributed by atoms with van der Waals surface area (Å²) in [5.41, 5.74) is 3.64. The molecule has 1 aliphatic rings. The average molecular weight is 354 g/mol. The van der Waals surface area contributed by atoms with E-state index >= 15 is 0 Å². The van der Waals surface area contributed by atoms with Gasteiger partial charge in [-0.05, 0) is 45.4 Å². The molecule has 1 saturated carbocycles. The normalized spacial score (nSPS) is 18.0. The molecule has 0 aliphatic heterocycles. The molecule has 0 unspecified atom stereocenters. The van der Waals surface area contributed by atoms with Crippen LogP contribution in [0.25, 0.3) is 0 Å². The van der Waals surface area contributed by atoms with Crippen LogP contribution in [0, 0.1) is 5.92 Å². The smallest absolute Gasteiger partial charge is 0.0311 e. The van der Waals surface area contributed by atoms with Crippen LogP contribution in [-0.4, -0.2) is 34.3 Å². The van der Waals surface area contributed by atoms with Gasteiger partial charge in [0.2, 0.25) is 0 Å². The van der Waals surface area contributed by atoms with Crippen LogP contribution >= 0.6 is 11.9 Å². The highest BCUT2D eigenvalue weighted by atomic mass is 32.2. The summed E-state index contributed by atoms with van der Waals surface area (Å²) in [4.78, 5) is 0. The van der Waals surface area contributed by atoms with Gasteiger partial charge in [-0.1, -0.05) is 69.4 Å². The van der Waals surface area contributed by atoms with Crippen molar-refractivity contribution in [1.29, 1.82) is 0 Å². The maximum atomic E-state index is 3.53.